The molecule has 26 heavy (non-hydrogen) atoms. The van der Waals surface area contributed by atoms with Crippen molar-refractivity contribution in [1.29, 1.82) is 0 Å². The van der Waals surface area contributed by atoms with E-state index in [4.69, 9.17) is 0 Å². The summed E-state index contributed by atoms with van der Waals surface area (Å²) in [5, 5.41) is 11.3. The summed E-state index contributed by atoms with van der Waals surface area (Å²) in [5.41, 5.74) is 1.93. The van der Waals surface area contributed by atoms with Crippen LogP contribution in [0.25, 0.3) is 10.9 Å². The summed E-state index contributed by atoms with van der Waals surface area (Å²) in [7, 11) is 0. The second-order valence-electron chi connectivity index (χ2n) is 8.38. The van der Waals surface area contributed by atoms with Gasteiger partial charge in [-0.25, -0.2) is 0 Å². The number of rotatable bonds is 4. The first-order chi connectivity index (χ1) is 12.3. The van der Waals surface area contributed by atoms with Crippen molar-refractivity contribution in [3.05, 3.63) is 29.5 Å². The molecule has 1 atom stereocenters. The van der Waals surface area contributed by atoms with Gasteiger partial charge in [0.2, 0.25) is 5.91 Å². The highest BCUT2D eigenvalue weighted by Crippen LogP contribution is 2.45. The standard InChI is InChI=1S/C20H26N4O2/c1-13-15-6-5-14(11-16(15)23-22-13)17(25)24-10-4-7-20(24,3)12-21-18(26)19(2)8-9-19/h5-6,11H,4,7-10,12H2,1-3H3,(H,21,26)(H,22,23)/t20-/m1/s1. The molecule has 0 bridgehead atoms. The zero-order valence-electron chi connectivity index (χ0n) is 15.7. The summed E-state index contributed by atoms with van der Waals surface area (Å²) in [4.78, 5) is 27.4. The molecular weight excluding hydrogens is 328 g/mol. The van der Waals surface area contributed by atoms with Crippen LogP contribution in [-0.2, 0) is 4.79 Å². The molecule has 1 aliphatic heterocycles. The SMILES string of the molecule is Cc1[nH]nc2cc(C(=O)N3CCC[C@]3(C)CNC(=O)C3(C)CC3)ccc12. The van der Waals surface area contributed by atoms with Gasteiger partial charge in [0.25, 0.3) is 5.91 Å². The van der Waals surface area contributed by atoms with Gasteiger partial charge in [-0.3, -0.25) is 14.7 Å². The first-order valence-electron chi connectivity index (χ1n) is 9.37. The number of aryl methyl sites for hydroxylation is 1. The number of amides is 2. The Morgan fingerprint density at radius 2 is 2.04 bits per heavy atom. The lowest BCUT2D eigenvalue weighted by Crippen LogP contribution is -2.53. The molecule has 1 aliphatic carbocycles. The Morgan fingerprint density at radius 1 is 1.27 bits per heavy atom. The molecule has 138 valence electrons. The first kappa shape index (κ1) is 17.1. The minimum atomic E-state index is -0.339. The summed E-state index contributed by atoms with van der Waals surface area (Å²) in [6, 6.07) is 5.67. The number of likely N-dealkylation sites (tertiary alicyclic amines) is 1. The van der Waals surface area contributed by atoms with E-state index in [9.17, 15) is 9.59 Å². The predicted octanol–water partition coefficient (Wildman–Crippen LogP) is 2.78. The number of nitrogens with zero attached hydrogens (tertiary/aromatic N) is 2. The lowest BCUT2D eigenvalue weighted by atomic mass is 9.97. The average Bonchev–Trinajstić information content (AvgIpc) is 3.11. The highest BCUT2D eigenvalue weighted by molar-refractivity contribution is 5.98. The fourth-order valence-electron chi connectivity index (χ4n) is 3.89. The second-order valence-corrected chi connectivity index (χ2v) is 8.38. The van der Waals surface area contributed by atoms with E-state index in [1.807, 2.05) is 36.9 Å². The minimum absolute atomic E-state index is 0.0134. The number of fused-ring (bicyclic) bond motifs is 1. The summed E-state index contributed by atoms with van der Waals surface area (Å²) >= 11 is 0. The van der Waals surface area contributed by atoms with Crippen molar-refractivity contribution >= 4 is 22.7 Å². The van der Waals surface area contributed by atoms with Crippen LogP contribution in [0.15, 0.2) is 18.2 Å². The molecule has 1 aromatic carbocycles. The highest BCUT2D eigenvalue weighted by Gasteiger charge is 2.46. The quantitative estimate of drug-likeness (QED) is 0.886. The number of benzene rings is 1. The average molecular weight is 354 g/mol. The van der Waals surface area contributed by atoms with E-state index in [0.29, 0.717) is 12.1 Å². The van der Waals surface area contributed by atoms with Crippen molar-refractivity contribution in [1.82, 2.24) is 20.4 Å². The van der Waals surface area contributed by atoms with Gasteiger partial charge in [0.1, 0.15) is 0 Å². The lowest BCUT2D eigenvalue weighted by Gasteiger charge is -2.36. The molecule has 0 unspecified atom stereocenters. The second kappa shape index (κ2) is 5.83. The van der Waals surface area contributed by atoms with Crippen molar-refractivity contribution < 1.29 is 9.59 Å². The number of nitrogens with one attached hydrogen (secondary N) is 2. The van der Waals surface area contributed by atoms with Gasteiger partial charge >= 0.3 is 0 Å². The van der Waals surface area contributed by atoms with Crippen molar-refractivity contribution in [2.45, 2.75) is 52.0 Å². The van der Waals surface area contributed by atoms with E-state index in [1.165, 1.54) is 0 Å². The van der Waals surface area contributed by atoms with E-state index in [1.54, 1.807) is 0 Å². The molecule has 4 rings (SSSR count). The number of carbonyl (C=O) groups is 2. The van der Waals surface area contributed by atoms with Crippen molar-refractivity contribution in [2.24, 2.45) is 5.41 Å². The third-order valence-corrected chi connectivity index (χ3v) is 6.16. The maximum atomic E-state index is 13.1. The zero-order valence-corrected chi connectivity index (χ0v) is 15.7. The van der Waals surface area contributed by atoms with Crippen LogP contribution in [0.3, 0.4) is 0 Å². The molecule has 2 aromatic rings. The Hall–Kier alpha value is -2.37. The van der Waals surface area contributed by atoms with Crippen molar-refractivity contribution in [3.8, 4) is 0 Å². The van der Waals surface area contributed by atoms with Gasteiger partial charge in [-0.05, 0) is 51.7 Å². The minimum Gasteiger partial charge on any atom is -0.353 e. The molecule has 2 heterocycles. The largest absolute Gasteiger partial charge is 0.353 e. The molecule has 1 aromatic heterocycles. The number of aromatic amines is 1. The maximum Gasteiger partial charge on any atom is 0.254 e. The normalized spacial score (nSPS) is 24.0. The predicted molar refractivity (Wildman–Crippen MR) is 99.9 cm³/mol. The summed E-state index contributed by atoms with van der Waals surface area (Å²) in [6.45, 7) is 7.28. The number of H-pyrrole nitrogens is 1. The third kappa shape index (κ3) is 2.77. The van der Waals surface area contributed by atoms with Crippen LogP contribution in [0.5, 0.6) is 0 Å². The van der Waals surface area contributed by atoms with Crippen LogP contribution >= 0.6 is 0 Å². The van der Waals surface area contributed by atoms with E-state index >= 15 is 0 Å². The Morgan fingerprint density at radius 3 is 2.77 bits per heavy atom. The van der Waals surface area contributed by atoms with Gasteiger partial charge in [-0.2, -0.15) is 5.10 Å². The molecular formula is C20H26N4O2. The van der Waals surface area contributed by atoms with Gasteiger partial charge in [0, 0.05) is 35.1 Å². The molecule has 2 N–H and O–H groups in total. The zero-order chi connectivity index (χ0) is 18.5. The molecule has 1 saturated heterocycles. The summed E-state index contributed by atoms with van der Waals surface area (Å²) in [6.07, 6.45) is 3.78. The Labute approximate surface area is 153 Å². The molecule has 6 nitrogen and oxygen atoms in total. The van der Waals surface area contributed by atoms with Gasteiger partial charge in [-0.1, -0.05) is 13.0 Å². The van der Waals surface area contributed by atoms with Crippen LogP contribution in [0.1, 0.15) is 55.6 Å². The van der Waals surface area contributed by atoms with Crippen LogP contribution in [0, 0.1) is 12.3 Å². The van der Waals surface area contributed by atoms with E-state index in [0.717, 1.165) is 48.8 Å². The molecule has 2 aliphatic rings. The van der Waals surface area contributed by atoms with Gasteiger partial charge in [0.15, 0.2) is 0 Å². The number of carbonyl (C=O) groups excluding carboxylic acids is 2. The van der Waals surface area contributed by atoms with Gasteiger partial charge in [-0.15, -0.1) is 0 Å². The van der Waals surface area contributed by atoms with Crippen molar-refractivity contribution in [2.75, 3.05) is 13.1 Å². The van der Waals surface area contributed by atoms with E-state index in [-0.39, 0.29) is 22.8 Å². The fourth-order valence-corrected chi connectivity index (χ4v) is 3.89. The molecule has 1 saturated carbocycles. The molecule has 2 amide bonds. The first-order valence-corrected chi connectivity index (χ1v) is 9.37. The molecule has 2 fully saturated rings. The van der Waals surface area contributed by atoms with Crippen LogP contribution in [0.4, 0.5) is 0 Å². The number of hydrogen-bond acceptors (Lipinski definition) is 3. The van der Waals surface area contributed by atoms with Crippen molar-refractivity contribution in [3.63, 3.8) is 0 Å². The molecule has 0 spiro atoms. The Balaban J connectivity index is 1.52. The highest BCUT2D eigenvalue weighted by atomic mass is 16.2. The van der Waals surface area contributed by atoms with E-state index in [2.05, 4.69) is 22.4 Å². The number of aromatic nitrogens is 2. The number of hydrogen-bond donors (Lipinski definition) is 2. The Kier molecular flexibility index (Phi) is 3.82. The fraction of sp³-hybridized carbons (Fsp3) is 0.550. The maximum absolute atomic E-state index is 13.1. The summed E-state index contributed by atoms with van der Waals surface area (Å²) < 4.78 is 0. The van der Waals surface area contributed by atoms with Gasteiger partial charge < -0.3 is 10.2 Å². The summed E-state index contributed by atoms with van der Waals surface area (Å²) in [5.74, 6) is 0.130. The molecule has 0 radical (unpaired) electrons. The topological polar surface area (TPSA) is 78.1 Å². The Bertz CT molecular complexity index is 883. The lowest BCUT2D eigenvalue weighted by molar-refractivity contribution is -0.126. The van der Waals surface area contributed by atoms with Crippen LogP contribution in [-0.4, -0.2) is 45.5 Å². The molecule has 6 heteroatoms. The monoisotopic (exact) mass is 354 g/mol. The van der Waals surface area contributed by atoms with Crippen LogP contribution < -0.4 is 5.32 Å². The van der Waals surface area contributed by atoms with E-state index < -0.39 is 0 Å². The van der Waals surface area contributed by atoms with Crippen LogP contribution in [0.2, 0.25) is 0 Å². The van der Waals surface area contributed by atoms with Gasteiger partial charge in [0.05, 0.1) is 11.1 Å². The third-order valence-electron chi connectivity index (χ3n) is 6.16. The smallest absolute Gasteiger partial charge is 0.254 e.